The molecular formula is C14H19BrN4. The summed E-state index contributed by atoms with van der Waals surface area (Å²) in [6.45, 7) is 4.86. The molecule has 2 rings (SSSR count). The molecule has 19 heavy (non-hydrogen) atoms. The first-order valence-corrected chi connectivity index (χ1v) is 7.41. The van der Waals surface area contributed by atoms with Crippen LogP contribution in [0.2, 0.25) is 0 Å². The Morgan fingerprint density at radius 1 is 1.32 bits per heavy atom. The highest BCUT2D eigenvalue weighted by molar-refractivity contribution is 9.10. The molecule has 2 aromatic heterocycles. The topological polar surface area (TPSA) is 55.0 Å². The van der Waals surface area contributed by atoms with E-state index in [9.17, 15) is 0 Å². The second-order valence-electron chi connectivity index (χ2n) is 4.48. The second kappa shape index (κ2) is 6.82. The molecule has 0 saturated carbocycles. The third-order valence-corrected chi connectivity index (χ3v) is 3.42. The molecule has 2 aromatic rings. The Balaban J connectivity index is 2.40. The summed E-state index contributed by atoms with van der Waals surface area (Å²) in [6.07, 6.45) is 5.75. The van der Waals surface area contributed by atoms with Crippen molar-refractivity contribution in [2.45, 2.75) is 19.8 Å². The van der Waals surface area contributed by atoms with Gasteiger partial charge in [0.2, 0.25) is 0 Å². The zero-order valence-electron chi connectivity index (χ0n) is 11.1. The van der Waals surface area contributed by atoms with E-state index >= 15 is 0 Å². The quantitative estimate of drug-likeness (QED) is 0.888. The number of anilines is 1. The predicted octanol–water partition coefficient (Wildman–Crippen LogP) is 2.96. The van der Waals surface area contributed by atoms with Crippen LogP contribution >= 0.6 is 15.9 Å². The average molecular weight is 323 g/mol. The Hall–Kier alpha value is -1.20. The molecule has 4 nitrogen and oxygen atoms in total. The van der Waals surface area contributed by atoms with Crippen LogP contribution in [0.4, 0.5) is 5.69 Å². The van der Waals surface area contributed by atoms with Crippen LogP contribution in [0.1, 0.15) is 19.8 Å². The Morgan fingerprint density at radius 2 is 2.16 bits per heavy atom. The lowest BCUT2D eigenvalue weighted by Crippen LogP contribution is -2.27. The van der Waals surface area contributed by atoms with Gasteiger partial charge in [-0.15, -0.1) is 0 Å². The van der Waals surface area contributed by atoms with Crippen LogP contribution in [0.5, 0.6) is 0 Å². The minimum absolute atomic E-state index is 0.711. The predicted molar refractivity (Wildman–Crippen MR) is 83.4 cm³/mol. The third-order valence-electron chi connectivity index (χ3n) is 2.99. The minimum atomic E-state index is 0.711. The number of nitrogens with two attached hydrogens (primary N) is 1. The van der Waals surface area contributed by atoms with Crippen molar-refractivity contribution in [3.63, 3.8) is 0 Å². The van der Waals surface area contributed by atoms with Crippen molar-refractivity contribution in [1.29, 1.82) is 0 Å². The highest BCUT2D eigenvalue weighted by Crippen LogP contribution is 2.25. The zero-order chi connectivity index (χ0) is 13.7. The van der Waals surface area contributed by atoms with Crippen LogP contribution < -0.4 is 10.6 Å². The summed E-state index contributed by atoms with van der Waals surface area (Å²) in [5.74, 6) is 0. The van der Waals surface area contributed by atoms with E-state index in [-0.39, 0.29) is 0 Å². The van der Waals surface area contributed by atoms with Crippen molar-refractivity contribution in [1.82, 2.24) is 9.97 Å². The van der Waals surface area contributed by atoms with Gasteiger partial charge in [-0.1, -0.05) is 6.92 Å². The number of aromatic nitrogens is 2. The largest absolute Gasteiger partial charge is 0.370 e. The number of fused-ring (bicyclic) bond motifs is 1. The fraction of sp³-hybridized carbons (Fsp3) is 0.429. The Bertz CT molecular complexity index is 544. The van der Waals surface area contributed by atoms with Crippen LogP contribution in [-0.2, 0) is 0 Å². The molecule has 0 aromatic carbocycles. The van der Waals surface area contributed by atoms with Crippen LogP contribution in [0.3, 0.4) is 0 Å². The van der Waals surface area contributed by atoms with Gasteiger partial charge in [-0.05, 0) is 47.4 Å². The van der Waals surface area contributed by atoms with Crippen molar-refractivity contribution in [2.24, 2.45) is 5.73 Å². The van der Waals surface area contributed by atoms with Gasteiger partial charge < -0.3 is 10.6 Å². The van der Waals surface area contributed by atoms with Gasteiger partial charge in [0.25, 0.3) is 0 Å². The van der Waals surface area contributed by atoms with E-state index in [0.717, 1.165) is 47.1 Å². The molecule has 0 fully saturated rings. The van der Waals surface area contributed by atoms with E-state index in [1.54, 1.807) is 0 Å². The summed E-state index contributed by atoms with van der Waals surface area (Å²) in [6, 6.07) is 4.04. The standard InChI is InChI=1S/C14H19BrN4/c1-2-7-19(8-3-5-16)13-4-6-17-12-9-11(15)10-18-14(12)13/h4,6,9-10H,2-3,5,7-8,16H2,1H3. The van der Waals surface area contributed by atoms with Crippen LogP contribution in [0.25, 0.3) is 11.0 Å². The maximum atomic E-state index is 5.62. The number of hydrogen-bond donors (Lipinski definition) is 1. The van der Waals surface area contributed by atoms with Crippen LogP contribution in [-0.4, -0.2) is 29.6 Å². The van der Waals surface area contributed by atoms with Gasteiger partial charge in [0.1, 0.15) is 5.52 Å². The van der Waals surface area contributed by atoms with Gasteiger partial charge in [0, 0.05) is 30.0 Å². The molecule has 102 valence electrons. The lowest BCUT2D eigenvalue weighted by atomic mass is 10.2. The molecule has 2 heterocycles. The van der Waals surface area contributed by atoms with Crippen molar-refractivity contribution in [3.8, 4) is 0 Å². The summed E-state index contributed by atoms with van der Waals surface area (Å²) < 4.78 is 0.952. The first kappa shape index (κ1) is 14.2. The Labute approximate surface area is 122 Å². The van der Waals surface area contributed by atoms with E-state index in [1.165, 1.54) is 0 Å². The van der Waals surface area contributed by atoms with Gasteiger partial charge in [-0.25, -0.2) is 0 Å². The average Bonchev–Trinajstić information content (AvgIpc) is 2.42. The first-order valence-electron chi connectivity index (χ1n) is 6.61. The first-order chi connectivity index (χ1) is 9.26. The zero-order valence-corrected chi connectivity index (χ0v) is 12.7. The molecular weight excluding hydrogens is 304 g/mol. The highest BCUT2D eigenvalue weighted by Gasteiger charge is 2.11. The molecule has 2 N–H and O–H groups in total. The van der Waals surface area contributed by atoms with Gasteiger partial charge >= 0.3 is 0 Å². The molecule has 0 aliphatic rings. The van der Waals surface area contributed by atoms with E-state index in [2.05, 4.69) is 37.7 Å². The normalized spacial score (nSPS) is 10.9. The highest BCUT2D eigenvalue weighted by atomic mass is 79.9. The second-order valence-corrected chi connectivity index (χ2v) is 5.40. The molecule has 0 spiro atoms. The Morgan fingerprint density at radius 3 is 2.89 bits per heavy atom. The lowest BCUT2D eigenvalue weighted by Gasteiger charge is -2.24. The number of halogens is 1. The molecule has 0 saturated heterocycles. The van der Waals surface area contributed by atoms with Crippen LogP contribution in [0.15, 0.2) is 29.0 Å². The molecule has 0 amide bonds. The number of rotatable bonds is 6. The van der Waals surface area contributed by atoms with E-state index < -0.39 is 0 Å². The summed E-state index contributed by atoms with van der Waals surface area (Å²) in [5, 5.41) is 0. The van der Waals surface area contributed by atoms with Crippen molar-refractivity contribution in [2.75, 3.05) is 24.5 Å². The van der Waals surface area contributed by atoms with Crippen molar-refractivity contribution < 1.29 is 0 Å². The molecule has 0 bridgehead atoms. The number of nitrogens with zero attached hydrogens (tertiary/aromatic N) is 3. The molecule has 5 heteroatoms. The number of hydrogen-bond acceptors (Lipinski definition) is 4. The molecule has 0 radical (unpaired) electrons. The summed E-state index contributed by atoms with van der Waals surface area (Å²) >= 11 is 3.43. The van der Waals surface area contributed by atoms with E-state index in [4.69, 9.17) is 5.73 Å². The van der Waals surface area contributed by atoms with Crippen LogP contribution in [0, 0.1) is 0 Å². The third kappa shape index (κ3) is 3.42. The van der Waals surface area contributed by atoms with Gasteiger partial charge in [0.05, 0.1) is 11.2 Å². The fourth-order valence-electron chi connectivity index (χ4n) is 2.15. The van der Waals surface area contributed by atoms with Crippen molar-refractivity contribution >= 4 is 32.7 Å². The SMILES string of the molecule is CCCN(CCCN)c1ccnc2cc(Br)cnc12. The monoisotopic (exact) mass is 322 g/mol. The molecule has 0 aliphatic carbocycles. The van der Waals surface area contributed by atoms with E-state index in [1.807, 2.05) is 24.5 Å². The fourth-order valence-corrected chi connectivity index (χ4v) is 2.47. The number of pyridine rings is 2. The smallest absolute Gasteiger partial charge is 0.112 e. The maximum Gasteiger partial charge on any atom is 0.112 e. The van der Waals surface area contributed by atoms with Gasteiger partial charge in [-0.2, -0.15) is 0 Å². The minimum Gasteiger partial charge on any atom is -0.370 e. The Kier molecular flexibility index (Phi) is 5.10. The molecule has 0 atom stereocenters. The summed E-state index contributed by atoms with van der Waals surface area (Å²) in [4.78, 5) is 11.2. The molecule has 0 aliphatic heterocycles. The lowest BCUT2D eigenvalue weighted by molar-refractivity contribution is 0.722. The van der Waals surface area contributed by atoms with Gasteiger partial charge in [-0.3, -0.25) is 9.97 Å². The van der Waals surface area contributed by atoms with Crippen molar-refractivity contribution in [3.05, 3.63) is 29.0 Å². The summed E-state index contributed by atoms with van der Waals surface area (Å²) in [7, 11) is 0. The summed E-state index contributed by atoms with van der Waals surface area (Å²) in [5.41, 5.74) is 8.64. The van der Waals surface area contributed by atoms with E-state index in [0.29, 0.717) is 6.54 Å². The molecule has 0 unspecified atom stereocenters. The maximum absolute atomic E-state index is 5.62. The van der Waals surface area contributed by atoms with Gasteiger partial charge in [0.15, 0.2) is 0 Å².